The number of fused-ring (bicyclic) bond motifs is 1. The first-order chi connectivity index (χ1) is 19.3. The number of carbonyl (C=O) groups excluding carboxylic acids is 3. The van der Waals surface area contributed by atoms with E-state index in [-0.39, 0.29) is 35.4 Å². The predicted molar refractivity (Wildman–Crippen MR) is 160 cm³/mol. The van der Waals surface area contributed by atoms with Crippen LogP contribution < -0.4 is 10.6 Å². The Hall–Kier alpha value is -4.07. The first-order valence-electron chi connectivity index (χ1n) is 14.2. The Morgan fingerprint density at radius 3 is 2.22 bits per heavy atom. The van der Waals surface area contributed by atoms with E-state index >= 15 is 0 Å². The van der Waals surface area contributed by atoms with Crippen LogP contribution in [0.4, 0.5) is 10.5 Å². The normalized spacial score (nSPS) is 17.9. The Bertz CT molecular complexity index is 1400. The van der Waals surface area contributed by atoms with E-state index in [0.717, 1.165) is 17.2 Å². The number of phenols is 1. The maximum atomic E-state index is 14.3. The lowest BCUT2D eigenvalue weighted by molar-refractivity contribution is -0.142. The molecule has 4 rings (SSSR count). The molecule has 218 valence electrons. The number of hydrogen-bond donors (Lipinski definition) is 3. The molecule has 3 aromatic carbocycles. The lowest BCUT2D eigenvalue weighted by atomic mass is 9.98. The molecule has 4 unspecified atom stereocenters. The van der Waals surface area contributed by atoms with Gasteiger partial charge >= 0.3 is 6.09 Å². The number of carbonyl (C=O) groups is 3. The molecule has 1 aliphatic rings. The van der Waals surface area contributed by atoms with Crippen LogP contribution >= 0.6 is 0 Å². The third-order valence-corrected chi connectivity index (χ3v) is 7.13. The summed E-state index contributed by atoms with van der Waals surface area (Å²) in [6.07, 6.45) is 0.441. The zero-order valence-electron chi connectivity index (χ0n) is 24.7. The van der Waals surface area contributed by atoms with Gasteiger partial charge in [0.2, 0.25) is 5.91 Å². The van der Waals surface area contributed by atoms with Crippen LogP contribution in [0.5, 0.6) is 5.75 Å². The van der Waals surface area contributed by atoms with Crippen molar-refractivity contribution in [3.63, 3.8) is 0 Å². The van der Waals surface area contributed by atoms with Crippen LogP contribution in [0.25, 0.3) is 10.8 Å². The van der Waals surface area contributed by atoms with Gasteiger partial charge in [0.1, 0.15) is 23.4 Å². The molecule has 41 heavy (non-hydrogen) atoms. The quantitative estimate of drug-likeness (QED) is 0.281. The van der Waals surface area contributed by atoms with Crippen LogP contribution in [0.1, 0.15) is 66.0 Å². The number of anilines is 1. The molecule has 1 aliphatic carbocycles. The van der Waals surface area contributed by atoms with Crippen molar-refractivity contribution < 1.29 is 24.2 Å². The van der Waals surface area contributed by atoms with Crippen molar-refractivity contribution in [2.45, 2.75) is 78.1 Å². The van der Waals surface area contributed by atoms with Crippen molar-refractivity contribution in [1.82, 2.24) is 10.2 Å². The number of nitrogens with one attached hydrogen (secondary N) is 2. The highest BCUT2D eigenvalue weighted by molar-refractivity contribution is 6.00. The lowest BCUT2D eigenvalue weighted by Gasteiger charge is -2.35. The van der Waals surface area contributed by atoms with Crippen molar-refractivity contribution in [2.24, 2.45) is 11.8 Å². The van der Waals surface area contributed by atoms with Crippen LogP contribution in [-0.2, 0) is 14.3 Å². The molecule has 0 aliphatic heterocycles. The van der Waals surface area contributed by atoms with Gasteiger partial charge in [0.15, 0.2) is 0 Å². The van der Waals surface area contributed by atoms with Crippen LogP contribution in [0.15, 0.2) is 66.7 Å². The van der Waals surface area contributed by atoms with Gasteiger partial charge in [-0.25, -0.2) is 4.79 Å². The average molecular weight is 560 g/mol. The summed E-state index contributed by atoms with van der Waals surface area (Å²) >= 11 is 0. The second kappa shape index (κ2) is 12.2. The number of nitrogens with zero attached hydrogens (tertiary/aromatic N) is 1. The SMILES string of the molecule is CC(C)CC(NC(=O)OC(C)(C)C)C(=O)N(C(C(=O)Nc1ccc2ccccc2c1)c1ccc(O)cc1)C1CC1C. The lowest BCUT2D eigenvalue weighted by Crippen LogP contribution is -2.53. The van der Waals surface area contributed by atoms with E-state index < -0.39 is 23.8 Å². The highest BCUT2D eigenvalue weighted by Gasteiger charge is 2.48. The highest BCUT2D eigenvalue weighted by Crippen LogP contribution is 2.41. The van der Waals surface area contributed by atoms with E-state index in [1.54, 1.807) is 37.8 Å². The smallest absolute Gasteiger partial charge is 0.408 e. The third kappa shape index (κ3) is 7.78. The third-order valence-electron chi connectivity index (χ3n) is 7.13. The van der Waals surface area contributed by atoms with Gasteiger partial charge in [0, 0.05) is 11.7 Å². The minimum Gasteiger partial charge on any atom is -0.508 e. The summed E-state index contributed by atoms with van der Waals surface area (Å²) in [7, 11) is 0. The standard InChI is InChI=1S/C33H41N3O5/c1-20(2)17-27(35-32(40)41-33(4,5)6)31(39)36(28-18-21(28)3)29(23-12-15-26(37)16-13-23)30(38)34-25-14-11-22-9-7-8-10-24(22)19-25/h7-16,19-21,27-29,37H,17-18H2,1-6H3,(H,34,38)(H,35,40). The number of amides is 3. The van der Waals surface area contributed by atoms with Crippen LogP contribution in [0.3, 0.4) is 0 Å². The molecule has 0 saturated heterocycles. The van der Waals surface area contributed by atoms with Crippen LogP contribution in [0, 0.1) is 11.8 Å². The minimum absolute atomic E-state index is 0.0596. The molecule has 0 aromatic heterocycles. The maximum Gasteiger partial charge on any atom is 0.408 e. The van der Waals surface area contributed by atoms with Crippen molar-refractivity contribution >= 4 is 34.4 Å². The van der Waals surface area contributed by atoms with Crippen molar-refractivity contribution in [1.29, 1.82) is 0 Å². The van der Waals surface area contributed by atoms with Gasteiger partial charge in [-0.1, -0.05) is 63.2 Å². The molecule has 4 atom stereocenters. The molecule has 3 amide bonds. The monoisotopic (exact) mass is 559 g/mol. The second-order valence-electron chi connectivity index (χ2n) is 12.4. The Balaban J connectivity index is 1.71. The molecule has 0 radical (unpaired) electrons. The Kier molecular flexibility index (Phi) is 8.90. The van der Waals surface area contributed by atoms with Gasteiger partial charge in [-0.3, -0.25) is 9.59 Å². The molecule has 3 N–H and O–H groups in total. The predicted octanol–water partition coefficient (Wildman–Crippen LogP) is 6.40. The molecular formula is C33H41N3O5. The molecular weight excluding hydrogens is 518 g/mol. The Labute approximate surface area is 242 Å². The van der Waals surface area contributed by atoms with E-state index in [0.29, 0.717) is 17.7 Å². The van der Waals surface area contributed by atoms with Gasteiger partial charge in [0.25, 0.3) is 5.91 Å². The summed E-state index contributed by atoms with van der Waals surface area (Å²) in [5.41, 5.74) is 0.447. The number of alkyl carbamates (subject to hydrolysis) is 1. The number of rotatable bonds is 9. The van der Waals surface area contributed by atoms with E-state index in [2.05, 4.69) is 10.6 Å². The second-order valence-corrected chi connectivity index (χ2v) is 12.4. The minimum atomic E-state index is -0.986. The first kappa shape index (κ1) is 29.9. The zero-order chi connectivity index (χ0) is 29.9. The first-order valence-corrected chi connectivity index (χ1v) is 14.2. The Morgan fingerprint density at radius 2 is 1.63 bits per heavy atom. The summed E-state index contributed by atoms with van der Waals surface area (Å²) in [6.45, 7) is 11.3. The van der Waals surface area contributed by atoms with Gasteiger partial charge in [0.05, 0.1) is 0 Å². The molecule has 1 saturated carbocycles. The van der Waals surface area contributed by atoms with Gasteiger partial charge in [-0.05, 0) is 86.1 Å². The summed E-state index contributed by atoms with van der Waals surface area (Å²) in [5, 5.41) is 17.8. The fourth-order valence-electron chi connectivity index (χ4n) is 5.07. The molecule has 0 spiro atoms. The number of benzene rings is 3. The van der Waals surface area contributed by atoms with E-state index in [1.165, 1.54) is 12.1 Å². The van der Waals surface area contributed by atoms with Crippen LogP contribution in [0.2, 0.25) is 0 Å². The number of hydrogen-bond acceptors (Lipinski definition) is 5. The van der Waals surface area contributed by atoms with Gasteiger partial charge in [-0.15, -0.1) is 0 Å². The number of ether oxygens (including phenoxy) is 1. The summed E-state index contributed by atoms with van der Waals surface area (Å²) in [5.74, 6) is -0.377. The largest absolute Gasteiger partial charge is 0.508 e. The van der Waals surface area contributed by atoms with Crippen molar-refractivity contribution in [2.75, 3.05) is 5.32 Å². The summed E-state index contributed by atoms with van der Waals surface area (Å²) in [6, 6.07) is 17.8. The summed E-state index contributed by atoms with van der Waals surface area (Å²) in [4.78, 5) is 42.8. The number of aromatic hydroxyl groups is 1. The molecule has 0 heterocycles. The fraction of sp³-hybridized carbons (Fsp3) is 0.424. The van der Waals surface area contributed by atoms with Gasteiger partial charge in [-0.2, -0.15) is 0 Å². The highest BCUT2D eigenvalue weighted by atomic mass is 16.6. The summed E-state index contributed by atoms with van der Waals surface area (Å²) < 4.78 is 5.47. The van der Waals surface area contributed by atoms with Crippen molar-refractivity contribution in [3.05, 3.63) is 72.3 Å². The van der Waals surface area contributed by atoms with E-state index in [1.807, 2.05) is 63.2 Å². The maximum absolute atomic E-state index is 14.3. The van der Waals surface area contributed by atoms with Crippen LogP contribution in [-0.4, -0.2) is 45.6 Å². The molecule has 3 aromatic rings. The topological polar surface area (TPSA) is 108 Å². The van der Waals surface area contributed by atoms with E-state index in [9.17, 15) is 19.5 Å². The molecule has 8 heteroatoms. The Morgan fingerprint density at radius 1 is 1.00 bits per heavy atom. The van der Waals surface area contributed by atoms with Gasteiger partial charge < -0.3 is 25.4 Å². The van der Waals surface area contributed by atoms with Crippen molar-refractivity contribution in [3.8, 4) is 5.75 Å². The van der Waals surface area contributed by atoms with E-state index in [4.69, 9.17) is 4.74 Å². The fourth-order valence-corrected chi connectivity index (χ4v) is 5.07. The molecule has 8 nitrogen and oxygen atoms in total. The average Bonchev–Trinajstić information content (AvgIpc) is 3.61. The number of phenolic OH excluding ortho intramolecular Hbond substituents is 1. The molecule has 1 fully saturated rings. The zero-order valence-corrected chi connectivity index (χ0v) is 24.7. The molecule has 0 bridgehead atoms.